The minimum Gasteiger partial charge on any atom is -0.493 e. The summed E-state index contributed by atoms with van der Waals surface area (Å²) in [5.74, 6) is 1.35. The van der Waals surface area contributed by atoms with Crippen LogP contribution in [0.5, 0.6) is 5.75 Å². The van der Waals surface area contributed by atoms with Crippen LogP contribution >= 0.6 is 0 Å². The van der Waals surface area contributed by atoms with Gasteiger partial charge in [-0.1, -0.05) is 48.5 Å². The van der Waals surface area contributed by atoms with Crippen LogP contribution in [0.3, 0.4) is 0 Å². The zero-order valence-corrected chi connectivity index (χ0v) is 23.6. The van der Waals surface area contributed by atoms with Gasteiger partial charge in [-0.3, -0.25) is 9.10 Å². The maximum Gasteiger partial charge on any atom is 0.321 e. The summed E-state index contributed by atoms with van der Waals surface area (Å²) in [4.78, 5) is 16.9. The van der Waals surface area contributed by atoms with Crippen molar-refractivity contribution >= 4 is 21.9 Å². The number of hydrogen-bond donors (Lipinski definition) is 0. The smallest absolute Gasteiger partial charge is 0.321 e. The van der Waals surface area contributed by atoms with Gasteiger partial charge < -0.3 is 13.9 Å². The molecule has 0 saturated carbocycles. The van der Waals surface area contributed by atoms with Crippen LogP contribution < -0.4 is 9.04 Å². The van der Waals surface area contributed by atoms with E-state index in [1.54, 1.807) is 61.5 Å². The van der Waals surface area contributed by atoms with Crippen LogP contribution in [0, 0.1) is 6.92 Å². The summed E-state index contributed by atoms with van der Waals surface area (Å²) in [6.07, 6.45) is 0.571. The normalized spacial score (nSPS) is 11.4. The number of aromatic nitrogens is 1. The molecule has 0 bridgehead atoms. The minimum absolute atomic E-state index is 0.0149. The molecule has 0 unspecified atom stereocenters. The molecule has 9 nitrogen and oxygen atoms in total. The van der Waals surface area contributed by atoms with Gasteiger partial charge in [0, 0.05) is 25.6 Å². The Morgan fingerprint density at radius 2 is 1.60 bits per heavy atom. The number of rotatable bonds is 13. The number of benzene rings is 3. The van der Waals surface area contributed by atoms with Crippen LogP contribution in [-0.2, 0) is 32.7 Å². The topological polar surface area (TPSA) is 102 Å². The molecule has 0 N–H and O–H groups in total. The molecule has 0 fully saturated rings. The molecule has 0 amide bonds. The molecular formula is C30H33N3O6S. The molecule has 3 aromatic carbocycles. The van der Waals surface area contributed by atoms with Crippen molar-refractivity contribution < 1.29 is 27.1 Å². The van der Waals surface area contributed by atoms with Gasteiger partial charge in [0.25, 0.3) is 0 Å². The number of esters is 1. The lowest BCUT2D eigenvalue weighted by Gasteiger charge is -2.28. The van der Waals surface area contributed by atoms with E-state index < -0.39 is 22.7 Å². The van der Waals surface area contributed by atoms with E-state index in [0.29, 0.717) is 35.9 Å². The SMILES string of the molecule is CCOC(=O)CN(Cc1ccc(OCCc2nc(-c3ccccc3)oc2C)cc1)S(=O)(=O)N(C)c1ccccc1. The predicted octanol–water partition coefficient (Wildman–Crippen LogP) is 5.02. The summed E-state index contributed by atoms with van der Waals surface area (Å²) in [7, 11) is -2.57. The highest BCUT2D eigenvalue weighted by molar-refractivity contribution is 7.90. The van der Waals surface area contributed by atoms with Crippen LogP contribution in [0.4, 0.5) is 5.69 Å². The number of anilines is 1. The zero-order valence-electron chi connectivity index (χ0n) is 22.8. The first-order valence-corrected chi connectivity index (χ1v) is 14.4. The Balaban J connectivity index is 1.40. The Hall–Kier alpha value is -4.15. The van der Waals surface area contributed by atoms with Crippen molar-refractivity contribution in [2.45, 2.75) is 26.8 Å². The molecule has 0 atom stereocenters. The van der Waals surface area contributed by atoms with E-state index in [4.69, 9.17) is 13.9 Å². The van der Waals surface area contributed by atoms with Crippen LogP contribution in [0.1, 0.15) is 23.9 Å². The lowest BCUT2D eigenvalue weighted by atomic mass is 10.2. The van der Waals surface area contributed by atoms with E-state index in [1.807, 2.05) is 37.3 Å². The molecule has 210 valence electrons. The largest absolute Gasteiger partial charge is 0.493 e. The Labute approximate surface area is 235 Å². The fourth-order valence-electron chi connectivity index (χ4n) is 4.04. The summed E-state index contributed by atoms with van der Waals surface area (Å²) >= 11 is 0. The zero-order chi connectivity index (χ0) is 28.5. The van der Waals surface area contributed by atoms with Crippen LogP contribution in [-0.4, -0.2) is 50.5 Å². The van der Waals surface area contributed by atoms with Gasteiger partial charge in [-0.15, -0.1) is 0 Å². The number of carbonyl (C=O) groups is 1. The van der Waals surface area contributed by atoms with Gasteiger partial charge in [0.15, 0.2) is 0 Å². The highest BCUT2D eigenvalue weighted by Gasteiger charge is 2.30. The maximum absolute atomic E-state index is 13.4. The Morgan fingerprint density at radius 1 is 0.950 bits per heavy atom. The Bertz CT molecular complexity index is 1490. The third-order valence-electron chi connectivity index (χ3n) is 6.21. The fourth-order valence-corrected chi connectivity index (χ4v) is 5.35. The molecule has 40 heavy (non-hydrogen) atoms. The highest BCUT2D eigenvalue weighted by Crippen LogP contribution is 2.23. The average molecular weight is 564 g/mol. The van der Waals surface area contributed by atoms with Crippen molar-refractivity contribution in [1.82, 2.24) is 9.29 Å². The number of hydrogen-bond acceptors (Lipinski definition) is 7. The van der Waals surface area contributed by atoms with Gasteiger partial charge in [-0.05, 0) is 55.8 Å². The van der Waals surface area contributed by atoms with Gasteiger partial charge in [-0.25, -0.2) is 4.98 Å². The van der Waals surface area contributed by atoms with Crippen molar-refractivity contribution in [1.29, 1.82) is 0 Å². The van der Waals surface area contributed by atoms with E-state index >= 15 is 0 Å². The third kappa shape index (κ3) is 7.28. The number of aryl methyl sites for hydroxylation is 1. The second kappa shape index (κ2) is 13.3. The lowest BCUT2D eigenvalue weighted by molar-refractivity contribution is -0.143. The highest BCUT2D eigenvalue weighted by atomic mass is 32.2. The summed E-state index contributed by atoms with van der Waals surface area (Å²) in [5.41, 5.74) is 2.93. The van der Waals surface area contributed by atoms with E-state index in [0.717, 1.165) is 25.6 Å². The second-order valence-corrected chi connectivity index (χ2v) is 11.0. The molecule has 1 aromatic heterocycles. The Kier molecular flexibility index (Phi) is 9.57. The molecule has 0 aliphatic carbocycles. The van der Waals surface area contributed by atoms with Crippen molar-refractivity contribution in [2.24, 2.45) is 0 Å². The molecule has 0 aliphatic rings. The summed E-state index contributed by atoms with van der Waals surface area (Å²) in [6, 6.07) is 25.5. The molecule has 10 heteroatoms. The lowest BCUT2D eigenvalue weighted by Crippen LogP contribution is -2.44. The average Bonchev–Trinajstić information content (AvgIpc) is 3.34. The van der Waals surface area contributed by atoms with Crippen molar-refractivity contribution in [2.75, 3.05) is 31.1 Å². The second-order valence-electron chi connectivity index (χ2n) is 9.01. The van der Waals surface area contributed by atoms with E-state index in [9.17, 15) is 13.2 Å². The van der Waals surface area contributed by atoms with E-state index in [2.05, 4.69) is 4.98 Å². The molecule has 0 radical (unpaired) electrons. The van der Waals surface area contributed by atoms with Crippen LogP contribution in [0.2, 0.25) is 0 Å². The van der Waals surface area contributed by atoms with Crippen molar-refractivity contribution in [3.8, 4) is 17.2 Å². The van der Waals surface area contributed by atoms with Gasteiger partial charge in [0.2, 0.25) is 5.89 Å². The fraction of sp³-hybridized carbons (Fsp3) is 0.267. The molecule has 0 spiro atoms. The minimum atomic E-state index is -4.02. The first-order chi connectivity index (χ1) is 19.3. The third-order valence-corrected chi connectivity index (χ3v) is 8.02. The molecule has 4 aromatic rings. The van der Waals surface area contributed by atoms with Crippen molar-refractivity contribution in [3.63, 3.8) is 0 Å². The van der Waals surface area contributed by atoms with Crippen molar-refractivity contribution in [3.05, 3.63) is 102 Å². The molecule has 0 saturated heterocycles. The summed E-state index contributed by atoms with van der Waals surface area (Å²) in [5, 5.41) is 0. The van der Waals surface area contributed by atoms with Gasteiger partial charge >= 0.3 is 16.2 Å². The first kappa shape index (κ1) is 28.8. The van der Waals surface area contributed by atoms with Crippen LogP contribution in [0.25, 0.3) is 11.5 Å². The number of ether oxygens (including phenoxy) is 2. The molecular weight excluding hydrogens is 530 g/mol. The molecule has 1 heterocycles. The number of carbonyl (C=O) groups excluding carboxylic acids is 1. The molecule has 4 rings (SSSR count). The summed E-state index contributed by atoms with van der Waals surface area (Å²) < 4.78 is 45.9. The number of para-hydroxylation sites is 1. The maximum atomic E-state index is 13.4. The van der Waals surface area contributed by atoms with Crippen LogP contribution in [0.15, 0.2) is 89.3 Å². The van der Waals surface area contributed by atoms with E-state index in [1.165, 1.54) is 7.05 Å². The summed E-state index contributed by atoms with van der Waals surface area (Å²) in [6.45, 7) is 3.69. The number of oxazole rings is 1. The quantitative estimate of drug-likeness (QED) is 0.211. The van der Waals surface area contributed by atoms with Gasteiger partial charge in [0.05, 0.1) is 24.6 Å². The first-order valence-electron chi connectivity index (χ1n) is 13.0. The predicted molar refractivity (Wildman–Crippen MR) is 153 cm³/mol. The molecule has 0 aliphatic heterocycles. The van der Waals surface area contributed by atoms with Gasteiger partial charge in [0.1, 0.15) is 18.1 Å². The monoisotopic (exact) mass is 563 g/mol. The van der Waals surface area contributed by atoms with E-state index in [-0.39, 0.29) is 13.2 Å². The standard InChI is InChI=1S/C30H33N3O6S/c1-4-37-29(34)22-33(40(35,36)32(3)26-13-9-6-10-14-26)21-24-15-17-27(18-16-24)38-20-19-28-23(2)39-30(31-28)25-11-7-5-8-12-25/h5-18H,4,19-22H2,1-3H3. The van der Waals surface area contributed by atoms with Gasteiger partial charge in [-0.2, -0.15) is 12.7 Å². The Morgan fingerprint density at radius 3 is 2.25 bits per heavy atom. The number of nitrogens with zero attached hydrogens (tertiary/aromatic N) is 3.